The largest absolute Gasteiger partial charge is 0.389 e. The number of anilines is 1. The van der Waals surface area contributed by atoms with Crippen LogP contribution in [0.5, 0.6) is 0 Å². The molecule has 0 spiro atoms. The van der Waals surface area contributed by atoms with Gasteiger partial charge in [-0.15, -0.1) is 0 Å². The molecule has 5 N–H and O–H groups in total. The van der Waals surface area contributed by atoms with Gasteiger partial charge < -0.3 is 16.8 Å². The van der Waals surface area contributed by atoms with Crippen LogP contribution < -0.4 is 16.8 Å². The van der Waals surface area contributed by atoms with Gasteiger partial charge in [0.25, 0.3) is 0 Å². The molecule has 1 rings (SSSR count). The Bertz CT molecular complexity index is 450. The topological polar surface area (TPSA) is 81.1 Å². The zero-order valence-corrected chi connectivity index (χ0v) is 10.2. The SMILES string of the molecule is CC(CC(N)=O)Nc1ccc(C(N)=S)c(F)c1. The van der Waals surface area contributed by atoms with Crippen LogP contribution in [0.1, 0.15) is 18.9 Å². The van der Waals surface area contributed by atoms with E-state index in [0.29, 0.717) is 5.69 Å². The summed E-state index contributed by atoms with van der Waals surface area (Å²) in [6.07, 6.45) is 0.179. The summed E-state index contributed by atoms with van der Waals surface area (Å²) >= 11 is 4.69. The summed E-state index contributed by atoms with van der Waals surface area (Å²) < 4.78 is 13.5. The summed E-state index contributed by atoms with van der Waals surface area (Å²) in [6, 6.07) is 4.26. The van der Waals surface area contributed by atoms with Crippen molar-refractivity contribution in [3.63, 3.8) is 0 Å². The number of rotatable bonds is 5. The fourth-order valence-electron chi connectivity index (χ4n) is 1.44. The van der Waals surface area contributed by atoms with Crippen molar-refractivity contribution in [1.29, 1.82) is 0 Å². The highest BCUT2D eigenvalue weighted by Crippen LogP contribution is 2.15. The lowest BCUT2D eigenvalue weighted by atomic mass is 10.1. The van der Waals surface area contributed by atoms with Gasteiger partial charge in [-0.25, -0.2) is 4.39 Å². The van der Waals surface area contributed by atoms with Crippen LogP contribution in [0.3, 0.4) is 0 Å². The first kappa shape index (κ1) is 13.4. The minimum Gasteiger partial charge on any atom is -0.389 e. The molecule has 1 atom stereocenters. The molecule has 0 aromatic heterocycles. The van der Waals surface area contributed by atoms with E-state index in [1.54, 1.807) is 13.0 Å². The zero-order chi connectivity index (χ0) is 13.0. The second kappa shape index (κ2) is 5.58. The molecule has 0 aliphatic rings. The van der Waals surface area contributed by atoms with Gasteiger partial charge in [0.05, 0.1) is 0 Å². The first-order valence-corrected chi connectivity index (χ1v) is 5.45. The van der Waals surface area contributed by atoms with Crippen molar-refractivity contribution >= 4 is 28.8 Å². The Balaban J connectivity index is 2.77. The average molecular weight is 255 g/mol. The van der Waals surface area contributed by atoms with E-state index in [2.05, 4.69) is 5.32 Å². The number of carbonyl (C=O) groups is 1. The molecule has 0 bridgehead atoms. The molecule has 17 heavy (non-hydrogen) atoms. The van der Waals surface area contributed by atoms with E-state index in [0.717, 1.165) is 0 Å². The normalized spacial score (nSPS) is 11.9. The van der Waals surface area contributed by atoms with Crippen LogP contribution in [0.2, 0.25) is 0 Å². The molecule has 0 saturated carbocycles. The number of nitrogens with one attached hydrogen (secondary N) is 1. The number of benzene rings is 1. The molecule has 0 saturated heterocycles. The van der Waals surface area contributed by atoms with Gasteiger partial charge in [0.15, 0.2) is 0 Å². The van der Waals surface area contributed by atoms with Crippen LogP contribution in [0.25, 0.3) is 0 Å². The number of halogens is 1. The van der Waals surface area contributed by atoms with Gasteiger partial charge in [0.2, 0.25) is 5.91 Å². The number of thiocarbonyl (C=S) groups is 1. The molecule has 4 nitrogen and oxygen atoms in total. The van der Waals surface area contributed by atoms with E-state index < -0.39 is 11.7 Å². The molecule has 1 aromatic carbocycles. The maximum Gasteiger partial charge on any atom is 0.219 e. The van der Waals surface area contributed by atoms with Gasteiger partial charge in [-0.3, -0.25) is 4.79 Å². The highest BCUT2D eigenvalue weighted by Gasteiger charge is 2.09. The second-order valence-corrected chi connectivity index (χ2v) is 4.21. The van der Waals surface area contributed by atoms with Gasteiger partial charge in [0.1, 0.15) is 10.8 Å². The van der Waals surface area contributed by atoms with Crippen molar-refractivity contribution in [3.8, 4) is 0 Å². The Morgan fingerprint density at radius 3 is 2.65 bits per heavy atom. The smallest absolute Gasteiger partial charge is 0.219 e. The molecule has 6 heteroatoms. The molecule has 0 aliphatic carbocycles. The number of hydrogen-bond donors (Lipinski definition) is 3. The molecule has 0 fully saturated rings. The first-order valence-electron chi connectivity index (χ1n) is 5.04. The van der Waals surface area contributed by atoms with Crippen LogP contribution in [-0.4, -0.2) is 16.9 Å². The van der Waals surface area contributed by atoms with Gasteiger partial charge in [-0.2, -0.15) is 0 Å². The molecule has 0 heterocycles. The average Bonchev–Trinajstić information content (AvgIpc) is 2.15. The Morgan fingerprint density at radius 2 is 2.18 bits per heavy atom. The van der Waals surface area contributed by atoms with Crippen LogP contribution in [0.4, 0.5) is 10.1 Å². The molecule has 0 aliphatic heterocycles. The molecule has 1 unspecified atom stereocenters. The second-order valence-electron chi connectivity index (χ2n) is 3.77. The molecular formula is C11H14FN3OS. The minimum absolute atomic E-state index is 0.0132. The summed E-state index contributed by atoms with van der Waals surface area (Å²) in [7, 11) is 0. The standard InChI is InChI=1S/C11H14FN3OS/c1-6(4-10(13)16)15-7-2-3-8(11(14)17)9(12)5-7/h2-3,5-6,15H,4H2,1H3,(H2,13,16)(H2,14,17). The number of amides is 1. The summed E-state index contributed by atoms with van der Waals surface area (Å²) in [5, 5.41) is 2.96. The fraction of sp³-hybridized carbons (Fsp3) is 0.273. The lowest BCUT2D eigenvalue weighted by molar-refractivity contribution is -0.118. The minimum atomic E-state index is -0.492. The van der Waals surface area contributed by atoms with E-state index in [9.17, 15) is 9.18 Å². The quantitative estimate of drug-likeness (QED) is 0.689. The van der Waals surface area contributed by atoms with Gasteiger partial charge in [-0.05, 0) is 25.1 Å². The highest BCUT2D eigenvalue weighted by molar-refractivity contribution is 7.80. The molecule has 0 radical (unpaired) electrons. The van der Waals surface area contributed by atoms with Crippen LogP contribution in [-0.2, 0) is 4.79 Å². The van der Waals surface area contributed by atoms with Gasteiger partial charge in [0, 0.05) is 23.7 Å². The monoisotopic (exact) mass is 255 g/mol. The zero-order valence-electron chi connectivity index (χ0n) is 9.37. The van der Waals surface area contributed by atoms with Crippen molar-refractivity contribution in [2.45, 2.75) is 19.4 Å². The molecule has 92 valence electrons. The molecular weight excluding hydrogens is 241 g/mol. The summed E-state index contributed by atoms with van der Waals surface area (Å²) in [4.78, 5) is 10.7. The predicted molar refractivity (Wildman–Crippen MR) is 69.2 cm³/mol. The third-order valence-electron chi connectivity index (χ3n) is 2.15. The van der Waals surface area contributed by atoms with Crippen molar-refractivity contribution in [3.05, 3.63) is 29.6 Å². The van der Waals surface area contributed by atoms with Crippen molar-refractivity contribution in [2.75, 3.05) is 5.32 Å². The number of hydrogen-bond acceptors (Lipinski definition) is 3. The van der Waals surface area contributed by atoms with Crippen LogP contribution in [0.15, 0.2) is 18.2 Å². The lowest BCUT2D eigenvalue weighted by Crippen LogP contribution is -2.24. The Kier molecular flexibility index (Phi) is 4.39. The van der Waals surface area contributed by atoms with Crippen molar-refractivity contribution in [1.82, 2.24) is 0 Å². The number of carbonyl (C=O) groups excluding carboxylic acids is 1. The van der Waals surface area contributed by atoms with Crippen molar-refractivity contribution in [2.24, 2.45) is 11.5 Å². The van der Waals surface area contributed by atoms with E-state index in [1.807, 2.05) is 0 Å². The van der Waals surface area contributed by atoms with E-state index in [1.165, 1.54) is 12.1 Å². The predicted octanol–water partition coefficient (Wildman–Crippen LogP) is 1.14. The van der Waals surface area contributed by atoms with Crippen LogP contribution >= 0.6 is 12.2 Å². The maximum absolute atomic E-state index is 13.5. The number of primary amides is 1. The van der Waals surface area contributed by atoms with E-state index in [-0.39, 0.29) is 23.0 Å². The third kappa shape index (κ3) is 3.99. The van der Waals surface area contributed by atoms with Crippen molar-refractivity contribution < 1.29 is 9.18 Å². The fourth-order valence-corrected chi connectivity index (χ4v) is 1.61. The third-order valence-corrected chi connectivity index (χ3v) is 2.37. The van der Waals surface area contributed by atoms with E-state index in [4.69, 9.17) is 23.7 Å². The maximum atomic E-state index is 13.5. The molecule has 1 amide bonds. The summed E-state index contributed by atoms with van der Waals surface area (Å²) in [5.41, 5.74) is 11.1. The van der Waals surface area contributed by atoms with Gasteiger partial charge >= 0.3 is 0 Å². The lowest BCUT2D eigenvalue weighted by Gasteiger charge is -2.14. The van der Waals surface area contributed by atoms with E-state index >= 15 is 0 Å². The Labute approximate surface area is 104 Å². The molecule has 1 aromatic rings. The summed E-state index contributed by atoms with van der Waals surface area (Å²) in [6.45, 7) is 1.78. The number of nitrogens with two attached hydrogens (primary N) is 2. The Morgan fingerprint density at radius 1 is 1.53 bits per heavy atom. The van der Waals surface area contributed by atoms with Gasteiger partial charge in [-0.1, -0.05) is 12.2 Å². The Hall–Kier alpha value is -1.69. The summed E-state index contributed by atoms with van der Waals surface area (Å²) in [5.74, 6) is -0.904. The first-order chi connectivity index (χ1) is 7.90. The van der Waals surface area contributed by atoms with Crippen LogP contribution in [0, 0.1) is 5.82 Å². The highest BCUT2D eigenvalue weighted by atomic mass is 32.1.